The van der Waals surface area contributed by atoms with Crippen molar-refractivity contribution in [1.29, 1.82) is 0 Å². The fourth-order valence-electron chi connectivity index (χ4n) is 2.82. The molecule has 0 saturated heterocycles. The van der Waals surface area contributed by atoms with Crippen molar-refractivity contribution in [2.75, 3.05) is 0 Å². The van der Waals surface area contributed by atoms with E-state index in [-0.39, 0.29) is 0 Å². The van der Waals surface area contributed by atoms with E-state index in [0.717, 1.165) is 39.2 Å². The van der Waals surface area contributed by atoms with Crippen LogP contribution in [0.3, 0.4) is 0 Å². The average Bonchev–Trinajstić information content (AvgIpc) is 3.25. The van der Waals surface area contributed by atoms with Gasteiger partial charge in [0.2, 0.25) is 0 Å². The van der Waals surface area contributed by atoms with Crippen LogP contribution in [0, 0.1) is 13.8 Å². The molecular formula is C25H34N6. The van der Waals surface area contributed by atoms with Crippen molar-refractivity contribution < 1.29 is 0 Å². The van der Waals surface area contributed by atoms with Gasteiger partial charge in [-0.3, -0.25) is 4.40 Å². The van der Waals surface area contributed by atoms with Crippen LogP contribution < -0.4 is 0 Å². The Morgan fingerprint density at radius 1 is 0.645 bits per heavy atom. The first-order valence-electron chi connectivity index (χ1n) is 10.9. The number of aryl methyl sites for hydroxylation is 2. The molecule has 0 aliphatic carbocycles. The van der Waals surface area contributed by atoms with Crippen LogP contribution in [0.2, 0.25) is 0 Å². The van der Waals surface area contributed by atoms with Gasteiger partial charge in [-0.05, 0) is 38.1 Å². The Balaban J connectivity index is 0.000000312. The first-order valence-corrected chi connectivity index (χ1v) is 10.9. The minimum absolute atomic E-state index is 0.759. The summed E-state index contributed by atoms with van der Waals surface area (Å²) >= 11 is 0. The number of para-hydroxylation sites is 3. The third kappa shape index (κ3) is 6.28. The van der Waals surface area contributed by atoms with Gasteiger partial charge in [0.05, 0.1) is 16.6 Å². The molecule has 3 aromatic heterocycles. The van der Waals surface area contributed by atoms with E-state index in [1.807, 2.05) is 91.8 Å². The van der Waals surface area contributed by atoms with Crippen molar-refractivity contribution in [3.8, 4) is 0 Å². The Morgan fingerprint density at radius 3 is 1.77 bits per heavy atom. The minimum Gasteiger partial charge on any atom is -0.280 e. The van der Waals surface area contributed by atoms with Gasteiger partial charge in [0, 0.05) is 5.39 Å². The van der Waals surface area contributed by atoms with E-state index >= 15 is 0 Å². The maximum Gasteiger partial charge on any atom is 0.148 e. The second-order valence-electron chi connectivity index (χ2n) is 5.62. The summed E-state index contributed by atoms with van der Waals surface area (Å²) in [6.45, 7) is 15.8. The van der Waals surface area contributed by atoms with Crippen molar-refractivity contribution in [2.45, 2.75) is 55.4 Å². The fourth-order valence-corrected chi connectivity index (χ4v) is 2.82. The molecule has 0 fully saturated rings. The topological polar surface area (TPSA) is 68.9 Å². The molecular weight excluding hydrogens is 384 g/mol. The largest absolute Gasteiger partial charge is 0.280 e. The zero-order valence-corrected chi connectivity index (χ0v) is 20.0. The van der Waals surface area contributed by atoms with E-state index in [4.69, 9.17) is 4.98 Å². The Hall–Kier alpha value is -3.41. The summed E-state index contributed by atoms with van der Waals surface area (Å²) in [4.78, 5) is 20.5. The molecule has 3 heterocycles. The molecule has 0 amide bonds. The lowest BCUT2D eigenvalue weighted by molar-refractivity contribution is 0.974. The standard InChI is InChI=1S/C15H11N3.C4H5N3.3C2H6/c1-10-16-12-7-3-2-6-11(12)15-17-13-8-4-5-9-14(13)18(10)15;1-4-6-2-5-3-7-4;3*1-2/h2-9H,1H3;2-3H,1H3;3*1-2H3. The molecule has 0 bridgehead atoms. The van der Waals surface area contributed by atoms with Crippen molar-refractivity contribution in [1.82, 2.24) is 29.3 Å². The zero-order valence-electron chi connectivity index (χ0n) is 20.0. The third-order valence-corrected chi connectivity index (χ3v) is 3.93. The molecule has 0 aliphatic heterocycles. The fraction of sp³-hybridized carbons (Fsp3) is 0.320. The summed E-state index contributed by atoms with van der Waals surface area (Å²) in [5, 5.41) is 1.10. The van der Waals surface area contributed by atoms with Crippen molar-refractivity contribution in [2.24, 2.45) is 0 Å². The molecule has 0 atom stereocenters. The summed E-state index contributed by atoms with van der Waals surface area (Å²) < 4.78 is 2.12. The van der Waals surface area contributed by atoms with Crippen LogP contribution >= 0.6 is 0 Å². The van der Waals surface area contributed by atoms with Gasteiger partial charge in [0.15, 0.2) is 0 Å². The van der Waals surface area contributed by atoms with Crippen LogP contribution in [0.4, 0.5) is 0 Å². The molecule has 6 heteroatoms. The summed E-state index contributed by atoms with van der Waals surface area (Å²) in [5.41, 5.74) is 4.11. The van der Waals surface area contributed by atoms with Crippen LogP contribution in [0.25, 0.3) is 27.6 Å². The van der Waals surface area contributed by atoms with Gasteiger partial charge in [-0.1, -0.05) is 65.8 Å². The molecule has 2 aromatic carbocycles. The number of nitrogens with zero attached hydrogens (tertiary/aromatic N) is 6. The van der Waals surface area contributed by atoms with Crippen LogP contribution in [0.5, 0.6) is 0 Å². The number of benzene rings is 2. The van der Waals surface area contributed by atoms with Crippen LogP contribution in [0.1, 0.15) is 53.2 Å². The van der Waals surface area contributed by atoms with Gasteiger partial charge in [-0.2, -0.15) is 0 Å². The monoisotopic (exact) mass is 418 g/mol. The number of imidazole rings is 1. The quantitative estimate of drug-likeness (QED) is 0.283. The number of hydrogen-bond donors (Lipinski definition) is 0. The third-order valence-electron chi connectivity index (χ3n) is 3.93. The maximum atomic E-state index is 4.73. The first kappa shape index (κ1) is 25.6. The van der Waals surface area contributed by atoms with Gasteiger partial charge in [0.25, 0.3) is 0 Å². The van der Waals surface area contributed by atoms with E-state index < -0.39 is 0 Å². The summed E-state index contributed by atoms with van der Waals surface area (Å²) in [6.07, 6.45) is 2.95. The lowest BCUT2D eigenvalue weighted by Gasteiger charge is -2.04. The predicted octanol–water partition coefficient (Wildman–Crippen LogP) is 6.60. The molecule has 0 N–H and O–H groups in total. The summed E-state index contributed by atoms with van der Waals surface area (Å²) in [7, 11) is 0. The highest BCUT2D eigenvalue weighted by Crippen LogP contribution is 2.23. The van der Waals surface area contributed by atoms with E-state index in [2.05, 4.69) is 36.5 Å². The van der Waals surface area contributed by atoms with E-state index in [1.54, 1.807) is 0 Å². The highest BCUT2D eigenvalue weighted by molar-refractivity contribution is 5.96. The summed E-state index contributed by atoms with van der Waals surface area (Å²) in [5.74, 6) is 1.73. The van der Waals surface area contributed by atoms with Crippen LogP contribution in [-0.4, -0.2) is 29.3 Å². The molecule has 0 radical (unpaired) electrons. The van der Waals surface area contributed by atoms with Gasteiger partial charge < -0.3 is 0 Å². The Bertz CT molecular complexity index is 1170. The van der Waals surface area contributed by atoms with Gasteiger partial charge in [0.1, 0.15) is 30.0 Å². The number of fused-ring (bicyclic) bond motifs is 5. The molecule has 31 heavy (non-hydrogen) atoms. The molecule has 5 rings (SSSR count). The SMILES string of the molecule is CC.CC.CC.Cc1nc2ccccc2c2nc3ccccc3n12.Cc1ncncn1. The van der Waals surface area contributed by atoms with Crippen molar-refractivity contribution in [3.63, 3.8) is 0 Å². The molecule has 6 nitrogen and oxygen atoms in total. The van der Waals surface area contributed by atoms with Crippen LogP contribution in [-0.2, 0) is 0 Å². The lowest BCUT2D eigenvalue weighted by Crippen LogP contribution is -1.96. The van der Waals surface area contributed by atoms with E-state index in [9.17, 15) is 0 Å². The normalized spacial score (nSPS) is 9.29. The van der Waals surface area contributed by atoms with E-state index in [1.165, 1.54) is 12.7 Å². The second-order valence-corrected chi connectivity index (χ2v) is 5.62. The van der Waals surface area contributed by atoms with Crippen molar-refractivity contribution >= 4 is 27.6 Å². The zero-order chi connectivity index (χ0) is 23.2. The maximum absolute atomic E-state index is 4.73. The molecule has 164 valence electrons. The number of aromatic nitrogens is 6. The van der Waals surface area contributed by atoms with Gasteiger partial charge in [-0.15, -0.1) is 0 Å². The van der Waals surface area contributed by atoms with E-state index in [0.29, 0.717) is 0 Å². The average molecular weight is 419 g/mol. The second kappa shape index (κ2) is 13.7. The Kier molecular flexibility index (Phi) is 11.4. The molecule has 0 aliphatic rings. The highest BCUT2D eigenvalue weighted by Gasteiger charge is 2.10. The Morgan fingerprint density at radius 2 is 1.19 bits per heavy atom. The number of hydrogen-bond acceptors (Lipinski definition) is 5. The predicted molar refractivity (Wildman–Crippen MR) is 131 cm³/mol. The van der Waals surface area contributed by atoms with Gasteiger partial charge in [-0.25, -0.2) is 24.9 Å². The van der Waals surface area contributed by atoms with Crippen LogP contribution in [0.15, 0.2) is 61.2 Å². The molecule has 0 spiro atoms. The smallest absolute Gasteiger partial charge is 0.148 e. The minimum atomic E-state index is 0.759. The first-order chi connectivity index (χ1) is 15.2. The van der Waals surface area contributed by atoms with Crippen molar-refractivity contribution in [3.05, 3.63) is 72.8 Å². The molecule has 0 unspecified atom stereocenters. The summed E-state index contributed by atoms with van der Waals surface area (Å²) in [6, 6.07) is 16.3. The van der Waals surface area contributed by atoms with Gasteiger partial charge >= 0.3 is 0 Å². The lowest BCUT2D eigenvalue weighted by atomic mass is 10.2. The molecule has 0 saturated carbocycles. The number of rotatable bonds is 0. The molecule has 5 aromatic rings. The Labute approximate surface area is 185 Å². The highest BCUT2D eigenvalue weighted by atomic mass is 15.1.